The van der Waals surface area contributed by atoms with Gasteiger partial charge in [0.05, 0.1) is 13.7 Å². The zero-order chi connectivity index (χ0) is 15.7. The van der Waals surface area contributed by atoms with E-state index in [9.17, 15) is 9.59 Å². The lowest BCUT2D eigenvalue weighted by Gasteiger charge is -2.17. The average molecular weight is 294 g/mol. The molecule has 1 rings (SSSR count). The van der Waals surface area contributed by atoms with Gasteiger partial charge in [-0.3, -0.25) is 10.1 Å². The van der Waals surface area contributed by atoms with E-state index in [1.807, 2.05) is 31.2 Å². The van der Waals surface area contributed by atoms with Gasteiger partial charge in [0.2, 0.25) is 5.91 Å². The molecule has 1 amide bonds. The number of methoxy groups -OCH3 is 1. The molecule has 116 valence electrons. The van der Waals surface area contributed by atoms with E-state index in [1.165, 1.54) is 14.0 Å². The van der Waals surface area contributed by atoms with Crippen molar-refractivity contribution in [1.29, 1.82) is 0 Å². The zero-order valence-electron chi connectivity index (χ0n) is 12.6. The second-order valence-corrected chi connectivity index (χ2v) is 4.40. The molecule has 0 radical (unpaired) electrons. The van der Waals surface area contributed by atoms with Crippen molar-refractivity contribution in [3.63, 3.8) is 0 Å². The molecule has 0 aliphatic heterocycles. The summed E-state index contributed by atoms with van der Waals surface area (Å²) in [6.45, 7) is 4.86. The summed E-state index contributed by atoms with van der Waals surface area (Å²) in [4.78, 5) is 22.7. The molecular weight excluding hydrogens is 272 g/mol. The Morgan fingerprint density at radius 1 is 1.19 bits per heavy atom. The molecule has 21 heavy (non-hydrogen) atoms. The molecule has 0 aliphatic carbocycles. The molecule has 1 unspecified atom stereocenters. The van der Waals surface area contributed by atoms with E-state index < -0.39 is 6.04 Å². The first-order valence-corrected chi connectivity index (χ1v) is 6.87. The van der Waals surface area contributed by atoms with Gasteiger partial charge in [-0.05, 0) is 24.6 Å². The Labute approximate surface area is 124 Å². The maximum atomic E-state index is 11.8. The van der Waals surface area contributed by atoms with Gasteiger partial charge in [-0.1, -0.05) is 12.1 Å². The molecule has 0 saturated heterocycles. The number of benzene rings is 1. The summed E-state index contributed by atoms with van der Waals surface area (Å²) in [7, 11) is 1.35. The van der Waals surface area contributed by atoms with Crippen LogP contribution < -0.4 is 15.4 Å². The molecule has 1 aromatic rings. The zero-order valence-corrected chi connectivity index (χ0v) is 12.6. The van der Waals surface area contributed by atoms with E-state index in [2.05, 4.69) is 10.6 Å². The third-order valence-corrected chi connectivity index (χ3v) is 2.81. The predicted octanol–water partition coefficient (Wildman–Crippen LogP) is 1.03. The molecule has 0 bridgehead atoms. The van der Waals surface area contributed by atoms with Crippen molar-refractivity contribution in [3.8, 4) is 5.75 Å². The highest BCUT2D eigenvalue weighted by Gasteiger charge is 2.20. The van der Waals surface area contributed by atoms with E-state index in [0.29, 0.717) is 19.7 Å². The molecule has 2 N–H and O–H groups in total. The summed E-state index contributed by atoms with van der Waals surface area (Å²) in [6.07, 6.45) is 0. The highest BCUT2D eigenvalue weighted by Crippen LogP contribution is 2.19. The van der Waals surface area contributed by atoms with Gasteiger partial charge in [0.25, 0.3) is 0 Å². The molecule has 6 heteroatoms. The van der Waals surface area contributed by atoms with Crippen molar-refractivity contribution in [3.05, 3.63) is 29.8 Å². The number of esters is 1. The first kappa shape index (κ1) is 17.0. The van der Waals surface area contributed by atoms with Crippen molar-refractivity contribution in [2.45, 2.75) is 19.9 Å². The van der Waals surface area contributed by atoms with Crippen LogP contribution in [-0.4, -0.2) is 38.7 Å². The molecular formula is C15H22N2O4. The fraction of sp³-hybridized carbons (Fsp3) is 0.467. The summed E-state index contributed by atoms with van der Waals surface area (Å²) >= 11 is 0. The summed E-state index contributed by atoms with van der Waals surface area (Å²) < 4.78 is 10.2. The van der Waals surface area contributed by atoms with Crippen LogP contribution in [0.4, 0.5) is 0 Å². The Morgan fingerprint density at radius 2 is 1.86 bits per heavy atom. The highest BCUT2D eigenvalue weighted by molar-refractivity contribution is 5.77. The third-order valence-electron chi connectivity index (χ3n) is 2.81. The van der Waals surface area contributed by atoms with Crippen LogP contribution >= 0.6 is 0 Å². The highest BCUT2D eigenvalue weighted by atomic mass is 16.5. The van der Waals surface area contributed by atoms with Gasteiger partial charge in [0.15, 0.2) is 0 Å². The maximum absolute atomic E-state index is 11.8. The topological polar surface area (TPSA) is 76.7 Å². The number of ether oxygens (including phenoxy) is 2. The van der Waals surface area contributed by atoms with Gasteiger partial charge in [0, 0.05) is 20.0 Å². The summed E-state index contributed by atoms with van der Waals surface area (Å²) in [5.41, 5.74) is 0.785. The van der Waals surface area contributed by atoms with Crippen LogP contribution in [0.3, 0.4) is 0 Å². The summed E-state index contributed by atoms with van der Waals surface area (Å²) in [5, 5.41) is 5.73. The number of carbonyl (C=O) groups is 2. The maximum Gasteiger partial charge on any atom is 0.327 e. The molecule has 0 spiro atoms. The predicted molar refractivity (Wildman–Crippen MR) is 79.1 cm³/mol. The van der Waals surface area contributed by atoms with E-state index in [1.54, 1.807) is 0 Å². The fourth-order valence-electron chi connectivity index (χ4n) is 1.83. The number of carbonyl (C=O) groups excluding carboxylic acids is 2. The van der Waals surface area contributed by atoms with E-state index in [4.69, 9.17) is 9.47 Å². The van der Waals surface area contributed by atoms with Gasteiger partial charge >= 0.3 is 5.97 Å². The molecule has 6 nitrogen and oxygen atoms in total. The number of hydrogen-bond acceptors (Lipinski definition) is 5. The number of rotatable bonds is 8. The van der Waals surface area contributed by atoms with Crippen molar-refractivity contribution < 1.29 is 19.1 Å². The number of hydrogen-bond donors (Lipinski definition) is 2. The minimum absolute atomic E-state index is 0.104. The van der Waals surface area contributed by atoms with Gasteiger partial charge in [-0.2, -0.15) is 0 Å². The van der Waals surface area contributed by atoms with E-state index in [-0.39, 0.29) is 11.9 Å². The first-order valence-electron chi connectivity index (χ1n) is 6.87. The quantitative estimate of drug-likeness (QED) is 0.553. The minimum atomic E-state index is -0.570. The van der Waals surface area contributed by atoms with Crippen molar-refractivity contribution in [2.75, 3.05) is 26.8 Å². The molecule has 0 saturated carbocycles. The monoisotopic (exact) mass is 294 g/mol. The smallest absolute Gasteiger partial charge is 0.327 e. The van der Waals surface area contributed by atoms with Crippen LogP contribution in [0.2, 0.25) is 0 Å². The van der Waals surface area contributed by atoms with Gasteiger partial charge in [-0.25, -0.2) is 4.79 Å². The van der Waals surface area contributed by atoms with Crippen LogP contribution in [0, 0.1) is 0 Å². The van der Waals surface area contributed by atoms with E-state index >= 15 is 0 Å². The lowest BCUT2D eigenvalue weighted by molar-refractivity contribution is -0.143. The van der Waals surface area contributed by atoms with Gasteiger partial charge in [-0.15, -0.1) is 0 Å². The van der Waals surface area contributed by atoms with Crippen molar-refractivity contribution >= 4 is 11.9 Å². The standard InChI is InChI=1S/C15H22N2O4/c1-4-21-13-7-5-12(6-8-13)14(15(19)20-3)17-10-9-16-11(2)18/h5-8,14,17H,4,9-10H2,1-3H3,(H,16,18). The Kier molecular flexibility index (Phi) is 7.25. The second kappa shape index (κ2) is 8.97. The minimum Gasteiger partial charge on any atom is -0.494 e. The first-order chi connectivity index (χ1) is 10.1. The molecule has 0 aliphatic rings. The normalized spacial score (nSPS) is 11.6. The Hall–Kier alpha value is -2.08. The van der Waals surface area contributed by atoms with Crippen molar-refractivity contribution in [1.82, 2.24) is 10.6 Å². The summed E-state index contributed by atoms with van der Waals surface area (Å²) in [5.74, 6) is 0.276. The molecule has 0 aromatic heterocycles. The second-order valence-electron chi connectivity index (χ2n) is 4.40. The third kappa shape index (κ3) is 5.83. The Morgan fingerprint density at radius 3 is 2.38 bits per heavy atom. The fourth-order valence-corrected chi connectivity index (χ4v) is 1.83. The molecule has 0 heterocycles. The van der Waals surface area contributed by atoms with Crippen LogP contribution in [0.15, 0.2) is 24.3 Å². The van der Waals surface area contributed by atoms with Crippen LogP contribution in [0.25, 0.3) is 0 Å². The van der Waals surface area contributed by atoms with Crippen molar-refractivity contribution in [2.24, 2.45) is 0 Å². The number of amides is 1. The van der Waals surface area contributed by atoms with Crippen LogP contribution in [0.1, 0.15) is 25.5 Å². The van der Waals surface area contributed by atoms with Gasteiger partial charge in [0.1, 0.15) is 11.8 Å². The molecule has 1 aromatic carbocycles. The Balaban J connectivity index is 2.68. The lowest BCUT2D eigenvalue weighted by atomic mass is 10.1. The van der Waals surface area contributed by atoms with Crippen LogP contribution in [-0.2, 0) is 14.3 Å². The van der Waals surface area contributed by atoms with E-state index in [0.717, 1.165) is 11.3 Å². The van der Waals surface area contributed by atoms with Gasteiger partial charge < -0.3 is 14.8 Å². The summed E-state index contributed by atoms with van der Waals surface area (Å²) in [6, 6.07) is 6.68. The lowest BCUT2D eigenvalue weighted by Crippen LogP contribution is -2.36. The molecule has 0 fully saturated rings. The number of nitrogens with one attached hydrogen (secondary N) is 2. The average Bonchev–Trinajstić information content (AvgIpc) is 2.48. The Bertz CT molecular complexity index is 459. The largest absolute Gasteiger partial charge is 0.494 e. The van der Waals surface area contributed by atoms with Crippen LogP contribution in [0.5, 0.6) is 5.75 Å². The molecule has 1 atom stereocenters. The SMILES string of the molecule is CCOc1ccc(C(NCCNC(C)=O)C(=O)OC)cc1.